The van der Waals surface area contributed by atoms with E-state index in [1.54, 1.807) is 0 Å². The van der Waals surface area contributed by atoms with Gasteiger partial charge in [0.15, 0.2) is 0 Å². The molecule has 3 N–H and O–H groups in total. The van der Waals surface area contributed by atoms with Crippen molar-refractivity contribution in [3.63, 3.8) is 0 Å². The molecule has 1 fully saturated rings. The molecule has 0 saturated heterocycles. The zero-order valence-electron chi connectivity index (χ0n) is 10.2. The van der Waals surface area contributed by atoms with Gasteiger partial charge in [-0.25, -0.2) is 0 Å². The van der Waals surface area contributed by atoms with Gasteiger partial charge in [-0.2, -0.15) is 15.0 Å². The Morgan fingerprint density at radius 2 is 2.18 bits per heavy atom. The fourth-order valence-corrected chi connectivity index (χ4v) is 1.58. The van der Waals surface area contributed by atoms with Crippen LogP contribution in [-0.4, -0.2) is 53.1 Å². The average Bonchev–Trinajstić information content (AvgIpc) is 3.12. The number of ether oxygens (including phenoxy) is 1. The zero-order chi connectivity index (χ0) is 12.3. The van der Waals surface area contributed by atoms with E-state index in [2.05, 4.69) is 32.2 Å². The maximum Gasteiger partial charge on any atom is 0.322 e. The second-order valence-corrected chi connectivity index (χ2v) is 4.14. The molecule has 2 rings (SSSR count). The first-order valence-corrected chi connectivity index (χ1v) is 5.68. The molecule has 1 aliphatic rings. The smallest absolute Gasteiger partial charge is 0.322 e. The lowest BCUT2D eigenvalue weighted by atomic mass is 10.5. The van der Waals surface area contributed by atoms with Gasteiger partial charge in [-0.15, -0.1) is 0 Å². The van der Waals surface area contributed by atoms with Crippen molar-refractivity contribution in [3.05, 3.63) is 0 Å². The third-order valence-corrected chi connectivity index (χ3v) is 2.73. The second kappa shape index (κ2) is 5.13. The minimum absolute atomic E-state index is 0.162. The number of hydrogen-bond acceptors (Lipinski definition) is 7. The quantitative estimate of drug-likeness (QED) is 0.719. The van der Waals surface area contributed by atoms with Gasteiger partial charge in [-0.1, -0.05) is 0 Å². The molecule has 0 aromatic carbocycles. The molecule has 94 valence electrons. The number of rotatable bonds is 6. The highest BCUT2D eigenvalue weighted by Crippen LogP contribution is 2.24. The first kappa shape index (κ1) is 11.8. The van der Waals surface area contributed by atoms with E-state index in [-0.39, 0.29) is 12.0 Å². The summed E-state index contributed by atoms with van der Waals surface area (Å²) in [6.07, 6.45) is 2.62. The number of nitrogens with zero attached hydrogens (tertiary/aromatic N) is 4. The largest absolute Gasteiger partial charge is 0.467 e. The topological polar surface area (TPSA) is 89.2 Å². The summed E-state index contributed by atoms with van der Waals surface area (Å²) in [6.45, 7) is 1.73. The van der Waals surface area contributed by atoms with Crippen LogP contribution < -0.4 is 15.8 Å². The van der Waals surface area contributed by atoms with Crippen LogP contribution in [0.15, 0.2) is 0 Å². The van der Waals surface area contributed by atoms with Crippen molar-refractivity contribution in [2.75, 3.05) is 38.3 Å². The Labute approximate surface area is 100 Å². The molecule has 0 spiro atoms. The molecule has 0 unspecified atom stereocenters. The van der Waals surface area contributed by atoms with Crippen LogP contribution in [0.3, 0.4) is 0 Å². The Morgan fingerprint density at radius 3 is 2.82 bits per heavy atom. The van der Waals surface area contributed by atoms with Crippen molar-refractivity contribution in [1.82, 2.24) is 19.9 Å². The Balaban J connectivity index is 1.83. The van der Waals surface area contributed by atoms with Crippen molar-refractivity contribution < 1.29 is 4.74 Å². The highest BCUT2D eigenvalue weighted by atomic mass is 16.5. The summed E-state index contributed by atoms with van der Waals surface area (Å²) in [5.74, 6) is 0.619. The van der Waals surface area contributed by atoms with Crippen molar-refractivity contribution >= 4 is 11.9 Å². The lowest BCUT2D eigenvalue weighted by Crippen LogP contribution is -2.27. The van der Waals surface area contributed by atoms with Gasteiger partial charge in [-0.05, 0) is 19.9 Å². The van der Waals surface area contributed by atoms with Crippen LogP contribution in [0.2, 0.25) is 0 Å². The maximum atomic E-state index is 5.53. The highest BCUT2D eigenvalue weighted by molar-refractivity contribution is 5.32. The second-order valence-electron chi connectivity index (χ2n) is 4.14. The molecular weight excluding hydrogens is 220 g/mol. The molecule has 7 nitrogen and oxygen atoms in total. The van der Waals surface area contributed by atoms with Gasteiger partial charge in [0.1, 0.15) is 0 Å². The van der Waals surface area contributed by atoms with Gasteiger partial charge in [0.25, 0.3) is 0 Å². The Hall–Kier alpha value is -1.63. The molecule has 0 bridgehead atoms. The minimum atomic E-state index is 0.162. The molecule has 0 amide bonds. The van der Waals surface area contributed by atoms with Crippen molar-refractivity contribution in [2.45, 2.75) is 18.9 Å². The highest BCUT2D eigenvalue weighted by Gasteiger charge is 2.25. The first-order chi connectivity index (χ1) is 8.19. The van der Waals surface area contributed by atoms with Crippen LogP contribution in [0.1, 0.15) is 12.8 Å². The summed E-state index contributed by atoms with van der Waals surface area (Å²) in [5.41, 5.74) is 5.53. The fourth-order valence-electron chi connectivity index (χ4n) is 1.58. The molecule has 1 saturated carbocycles. The maximum absolute atomic E-state index is 5.53. The summed E-state index contributed by atoms with van der Waals surface area (Å²) in [5, 5.41) is 3.11. The predicted octanol–water partition coefficient (Wildman–Crippen LogP) is -0.0315. The summed E-state index contributed by atoms with van der Waals surface area (Å²) < 4.78 is 4.92. The van der Waals surface area contributed by atoms with Gasteiger partial charge in [0, 0.05) is 19.1 Å². The molecule has 1 aliphatic carbocycles. The number of hydrogen-bond donors (Lipinski definition) is 2. The van der Waals surface area contributed by atoms with E-state index in [4.69, 9.17) is 10.5 Å². The molecule has 0 radical (unpaired) electrons. The van der Waals surface area contributed by atoms with Crippen molar-refractivity contribution in [3.8, 4) is 6.01 Å². The number of likely N-dealkylation sites (N-methyl/N-ethyl adjacent to an activating group) is 1. The molecule has 0 aliphatic heterocycles. The summed E-state index contributed by atoms with van der Waals surface area (Å²) in [6, 6.07) is 0.991. The summed E-state index contributed by atoms with van der Waals surface area (Å²) in [4.78, 5) is 14.2. The Kier molecular flexibility index (Phi) is 3.58. The lowest BCUT2D eigenvalue weighted by Gasteiger charge is -2.15. The van der Waals surface area contributed by atoms with E-state index in [1.165, 1.54) is 20.0 Å². The van der Waals surface area contributed by atoms with Crippen LogP contribution in [-0.2, 0) is 0 Å². The van der Waals surface area contributed by atoms with E-state index < -0.39 is 0 Å². The molecule has 7 heteroatoms. The monoisotopic (exact) mass is 238 g/mol. The van der Waals surface area contributed by atoms with E-state index in [0.29, 0.717) is 5.95 Å². The SMILES string of the molecule is COc1nc(N)nc(NCCN(C)C2CC2)n1. The molecule has 1 aromatic heterocycles. The van der Waals surface area contributed by atoms with Gasteiger partial charge >= 0.3 is 6.01 Å². The van der Waals surface area contributed by atoms with Gasteiger partial charge in [0.2, 0.25) is 11.9 Å². The Morgan fingerprint density at radius 1 is 1.41 bits per heavy atom. The van der Waals surface area contributed by atoms with Crippen LogP contribution >= 0.6 is 0 Å². The number of nitrogen functional groups attached to an aromatic ring is 1. The molecular formula is C10H18N6O. The van der Waals surface area contributed by atoms with Crippen LogP contribution in [0.4, 0.5) is 11.9 Å². The number of nitrogens with two attached hydrogens (primary N) is 1. The summed E-state index contributed by atoms with van der Waals surface area (Å²) in [7, 11) is 3.63. The van der Waals surface area contributed by atoms with Gasteiger partial charge < -0.3 is 20.7 Å². The molecule has 0 atom stereocenters. The fraction of sp³-hybridized carbons (Fsp3) is 0.700. The van der Waals surface area contributed by atoms with Crippen LogP contribution in [0.25, 0.3) is 0 Å². The molecule has 1 aromatic rings. The van der Waals surface area contributed by atoms with Crippen LogP contribution in [0.5, 0.6) is 6.01 Å². The lowest BCUT2D eigenvalue weighted by molar-refractivity contribution is 0.336. The van der Waals surface area contributed by atoms with Gasteiger partial charge in [-0.3, -0.25) is 0 Å². The van der Waals surface area contributed by atoms with E-state index >= 15 is 0 Å². The average molecular weight is 238 g/mol. The van der Waals surface area contributed by atoms with Crippen molar-refractivity contribution in [1.29, 1.82) is 0 Å². The van der Waals surface area contributed by atoms with Crippen LogP contribution in [0, 0.1) is 0 Å². The van der Waals surface area contributed by atoms with E-state index in [1.807, 2.05) is 0 Å². The Bertz CT molecular complexity index is 381. The third-order valence-electron chi connectivity index (χ3n) is 2.73. The number of methoxy groups -OCH3 is 1. The van der Waals surface area contributed by atoms with E-state index in [0.717, 1.165) is 19.1 Å². The van der Waals surface area contributed by atoms with Gasteiger partial charge in [0.05, 0.1) is 7.11 Å². The third kappa shape index (κ3) is 3.42. The van der Waals surface area contributed by atoms with E-state index in [9.17, 15) is 0 Å². The number of nitrogens with one attached hydrogen (secondary N) is 1. The van der Waals surface area contributed by atoms with Crippen molar-refractivity contribution in [2.24, 2.45) is 0 Å². The number of anilines is 2. The molecule has 17 heavy (non-hydrogen) atoms. The predicted molar refractivity (Wildman–Crippen MR) is 64.9 cm³/mol. The first-order valence-electron chi connectivity index (χ1n) is 5.68. The standard InChI is InChI=1S/C10H18N6O/c1-16(7-3-4-7)6-5-12-9-13-8(11)14-10(15-9)17-2/h7H,3-6H2,1-2H3,(H3,11,12,13,14,15). The normalized spacial score (nSPS) is 15.0. The zero-order valence-corrected chi connectivity index (χ0v) is 10.2. The summed E-state index contributed by atoms with van der Waals surface area (Å²) >= 11 is 0. The number of aromatic nitrogens is 3. The molecule has 1 heterocycles. The minimum Gasteiger partial charge on any atom is -0.467 e.